The summed E-state index contributed by atoms with van der Waals surface area (Å²) in [5.41, 5.74) is 3.71. The van der Waals surface area contributed by atoms with E-state index in [9.17, 15) is 0 Å². The SMILES string of the molecule is CCCOCC(NN)c1c(OC)cnn1CCN(C)C. The minimum atomic E-state index is -0.138. The van der Waals surface area contributed by atoms with Crippen LogP contribution >= 0.6 is 0 Å². The van der Waals surface area contributed by atoms with E-state index in [0.29, 0.717) is 13.2 Å². The smallest absolute Gasteiger partial charge is 0.161 e. The number of ether oxygens (including phenoxy) is 2. The lowest BCUT2D eigenvalue weighted by molar-refractivity contribution is 0.108. The molecule has 0 aliphatic heterocycles. The van der Waals surface area contributed by atoms with Crippen LogP contribution in [-0.4, -0.2) is 55.6 Å². The van der Waals surface area contributed by atoms with E-state index in [1.807, 2.05) is 18.8 Å². The number of methoxy groups -OCH3 is 1. The van der Waals surface area contributed by atoms with Crippen molar-refractivity contribution < 1.29 is 9.47 Å². The molecule has 0 saturated heterocycles. The predicted molar refractivity (Wildman–Crippen MR) is 78.5 cm³/mol. The Kier molecular flexibility index (Phi) is 7.53. The van der Waals surface area contributed by atoms with Crippen molar-refractivity contribution in [2.45, 2.75) is 25.9 Å². The zero-order valence-corrected chi connectivity index (χ0v) is 12.9. The number of nitrogens with zero attached hydrogens (tertiary/aromatic N) is 3. The second-order valence-corrected chi connectivity index (χ2v) is 4.92. The van der Waals surface area contributed by atoms with Gasteiger partial charge in [0, 0.05) is 13.2 Å². The second kappa shape index (κ2) is 8.91. The van der Waals surface area contributed by atoms with E-state index in [4.69, 9.17) is 15.3 Å². The number of nitrogens with two attached hydrogens (primary N) is 1. The molecule has 1 rings (SSSR count). The van der Waals surface area contributed by atoms with E-state index in [0.717, 1.165) is 31.0 Å². The highest BCUT2D eigenvalue weighted by molar-refractivity contribution is 5.28. The van der Waals surface area contributed by atoms with Crippen molar-refractivity contribution in [2.75, 3.05) is 41.0 Å². The lowest BCUT2D eigenvalue weighted by atomic mass is 10.2. The number of likely N-dealkylation sites (N-methyl/N-ethyl adjacent to an activating group) is 1. The molecule has 0 spiro atoms. The standard InChI is InChI=1S/C13H27N5O2/c1-5-8-20-10-11(16-14)13-12(19-4)9-15-18(13)7-6-17(2)3/h9,11,16H,5-8,10,14H2,1-4H3. The highest BCUT2D eigenvalue weighted by Gasteiger charge is 2.21. The van der Waals surface area contributed by atoms with Crippen molar-refractivity contribution in [3.63, 3.8) is 0 Å². The van der Waals surface area contributed by atoms with Crippen LogP contribution in [0.4, 0.5) is 0 Å². The van der Waals surface area contributed by atoms with E-state index >= 15 is 0 Å². The van der Waals surface area contributed by atoms with Gasteiger partial charge in [0.15, 0.2) is 5.75 Å². The lowest BCUT2D eigenvalue weighted by Crippen LogP contribution is -2.34. The Morgan fingerprint density at radius 1 is 1.50 bits per heavy atom. The van der Waals surface area contributed by atoms with Gasteiger partial charge >= 0.3 is 0 Å². The topological polar surface area (TPSA) is 77.6 Å². The maximum Gasteiger partial charge on any atom is 0.161 e. The van der Waals surface area contributed by atoms with Crippen LogP contribution in [0.3, 0.4) is 0 Å². The third kappa shape index (κ3) is 4.75. The van der Waals surface area contributed by atoms with Gasteiger partial charge in [-0.25, -0.2) is 5.43 Å². The average molecular weight is 285 g/mol. The summed E-state index contributed by atoms with van der Waals surface area (Å²) in [5, 5.41) is 4.37. The molecular weight excluding hydrogens is 258 g/mol. The molecule has 0 fully saturated rings. The quantitative estimate of drug-likeness (QED) is 0.368. The van der Waals surface area contributed by atoms with Crippen molar-refractivity contribution in [1.29, 1.82) is 0 Å². The number of rotatable bonds is 10. The van der Waals surface area contributed by atoms with E-state index in [1.165, 1.54) is 0 Å². The van der Waals surface area contributed by atoms with E-state index in [2.05, 4.69) is 22.3 Å². The Morgan fingerprint density at radius 3 is 2.80 bits per heavy atom. The molecule has 0 saturated carbocycles. The molecule has 1 aromatic rings. The van der Waals surface area contributed by atoms with Crippen molar-refractivity contribution in [1.82, 2.24) is 20.1 Å². The molecule has 7 heteroatoms. The minimum Gasteiger partial charge on any atom is -0.493 e. The molecule has 0 radical (unpaired) electrons. The minimum absolute atomic E-state index is 0.138. The summed E-state index contributed by atoms with van der Waals surface area (Å²) in [5.74, 6) is 6.39. The van der Waals surface area contributed by atoms with E-state index in [1.54, 1.807) is 13.3 Å². The molecule has 0 amide bonds. The Hall–Kier alpha value is -1.15. The molecule has 0 aliphatic carbocycles. The average Bonchev–Trinajstić information content (AvgIpc) is 2.84. The van der Waals surface area contributed by atoms with Crippen LogP contribution in [0.2, 0.25) is 0 Å². The first-order valence-corrected chi connectivity index (χ1v) is 6.92. The number of hydrazine groups is 1. The van der Waals surface area contributed by atoms with Gasteiger partial charge in [0.1, 0.15) is 5.69 Å². The van der Waals surface area contributed by atoms with Crippen LogP contribution in [0, 0.1) is 0 Å². The van der Waals surface area contributed by atoms with Crippen molar-refractivity contribution >= 4 is 0 Å². The molecule has 1 atom stereocenters. The second-order valence-electron chi connectivity index (χ2n) is 4.92. The van der Waals surface area contributed by atoms with Crippen LogP contribution in [0.15, 0.2) is 6.20 Å². The molecule has 0 bridgehead atoms. The first-order chi connectivity index (χ1) is 9.63. The van der Waals surface area contributed by atoms with Gasteiger partial charge in [0.25, 0.3) is 0 Å². The third-order valence-corrected chi connectivity index (χ3v) is 2.99. The van der Waals surface area contributed by atoms with Crippen molar-refractivity contribution in [3.8, 4) is 5.75 Å². The maximum atomic E-state index is 5.66. The maximum absolute atomic E-state index is 5.66. The monoisotopic (exact) mass is 285 g/mol. The largest absolute Gasteiger partial charge is 0.493 e. The first-order valence-electron chi connectivity index (χ1n) is 6.92. The predicted octanol–water partition coefficient (Wildman–Crippen LogP) is 0.384. The van der Waals surface area contributed by atoms with Gasteiger partial charge < -0.3 is 14.4 Å². The number of aromatic nitrogens is 2. The van der Waals surface area contributed by atoms with Crippen LogP contribution in [0.5, 0.6) is 5.75 Å². The fourth-order valence-electron chi connectivity index (χ4n) is 1.91. The van der Waals surface area contributed by atoms with E-state index in [-0.39, 0.29) is 6.04 Å². The van der Waals surface area contributed by atoms with Crippen molar-refractivity contribution in [2.24, 2.45) is 5.84 Å². The number of hydrogen-bond acceptors (Lipinski definition) is 6. The highest BCUT2D eigenvalue weighted by Crippen LogP contribution is 2.24. The summed E-state index contributed by atoms with van der Waals surface area (Å²) in [6, 6.07) is -0.138. The number of nitrogens with one attached hydrogen (secondary N) is 1. The molecule has 116 valence electrons. The summed E-state index contributed by atoms with van der Waals surface area (Å²) >= 11 is 0. The Balaban J connectivity index is 2.83. The van der Waals surface area contributed by atoms with Gasteiger partial charge in [0.2, 0.25) is 0 Å². The molecule has 1 heterocycles. The third-order valence-electron chi connectivity index (χ3n) is 2.99. The molecule has 3 N–H and O–H groups in total. The van der Waals surface area contributed by atoms with Crippen LogP contribution in [-0.2, 0) is 11.3 Å². The fraction of sp³-hybridized carbons (Fsp3) is 0.769. The zero-order chi connectivity index (χ0) is 15.0. The van der Waals surface area contributed by atoms with Crippen LogP contribution < -0.4 is 16.0 Å². The first kappa shape index (κ1) is 16.9. The molecular formula is C13H27N5O2. The normalized spacial score (nSPS) is 12.9. The van der Waals surface area contributed by atoms with Gasteiger partial charge in [0.05, 0.1) is 32.5 Å². The number of hydrogen-bond donors (Lipinski definition) is 2. The molecule has 0 aliphatic rings. The lowest BCUT2D eigenvalue weighted by Gasteiger charge is -2.20. The van der Waals surface area contributed by atoms with Gasteiger partial charge in [-0.2, -0.15) is 5.10 Å². The van der Waals surface area contributed by atoms with Gasteiger partial charge in [-0.3, -0.25) is 10.5 Å². The Morgan fingerprint density at radius 2 is 2.25 bits per heavy atom. The zero-order valence-electron chi connectivity index (χ0n) is 12.9. The van der Waals surface area contributed by atoms with E-state index < -0.39 is 0 Å². The van der Waals surface area contributed by atoms with Crippen LogP contribution in [0.1, 0.15) is 25.1 Å². The van der Waals surface area contributed by atoms with Gasteiger partial charge in [-0.15, -0.1) is 0 Å². The summed E-state index contributed by atoms with van der Waals surface area (Å²) in [7, 11) is 5.70. The molecule has 20 heavy (non-hydrogen) atoms. The van der Waals surface area contributed by atoms with Gasteiger partial charge in [-0.1, -0.05) is 6.92 Å². The molecule has 1 unspecified atom stereocenters. The summed E-state index contributed by atoms with van der Waals surface area (Å²) in [4.78, 5) is 2.11. The van der Waals surface area contributed by atoms with Crippen LogP contribution in [0.25, 0.3) is 0 Å². The summed E-state index contributed by atoms with van der Waals surface area (Å²) in [6.45, 7) is 4.95. The van der Waals surface area contributed by atoms with Gasteiger partial charge in [-0.05, 0) is 20.5 Å². The summed E-state index contributed by atoms with van der Waals surface area (Å²) < 4.78 is 12.9. The molecule has 1 aromatic heterocycles. The fourth-order valence-corrected chi connectivity index (χ4v) is 1.91. The Bertz CT molecular complexity index is 381. The van der Waals surface area contributed by atoms with Crippen molar-refractivity contribution in [3.05, 3.63) is 11.9 Å². The Labute approximate surface area is 121 Å². The summed E-state index contributed by atoms with van der Waals surface area (Å²) in [6.07, 6.45) is 2.70. The molecule has 0 aromatic carbocycles. The molecule has 7 nitrogen and oxygen atoms in total. The highest BCUT2D eigenvalue weighted by atomic mass is 16.5.